The Hall–Kier alpha value is -0.570. The first-order chi connectivity index (χ1) is 8.24. The van der Waals surface area contributed by atoms with Crippen LogP contribution in [0, 0.1) is 0 Å². The number of halogens is 1. The zero-order valence-electron chi connectivity index (χ0n) is 10.7. The van der Waals surface area contributed by atoms with Gasteiger partial charge in [0.2, 0.25) is 0 Å². The molecule has 0 saturated heterocycles. The molecule has 0 atom stereocenters. The van der Waals surface area contributed by atoms with Crippen LogP contribution in [0.25, 0.3) is 0 Å². The first-order valence-electron chi connectivity index (χ1n) is 6.15. The van der Waals surface area contributed by atoms with E-state index >= 15 is 0 Å². The fourth-order valence-corrected chi connectivity index (χ4v) is 1.79. The van der Waals surface area contributed by atoms with E-state index in [9.17, 15) is 0 Å². The van der Waals surface area contributed by atoms with Gasteiger partial charge in [-0.05, 0) is 19.4 Å². The summed E-state index contributed by atoms with van der Waals surface area (Å²) in [6, 6.07) is 11.1. The van der Waals surface area contributed by atoms with Crippen molar-refractivity contribution in [1.29, 1.82) is 0 Å². The van der Waals surface area contributed by atoms with E-state index in [0.29, 0.717) is 18.5 Å². The van der Waals surface area contributed by atoms with E-state index in [2.05, 4.69) is 43.0 Å². The lowest BCUT2D eigenvalue weighted by molar-refractivity contribution is 0.0984. The molecular formula is C14H22ClNO. The normalized spacial score (nSPS) is 11.4. The minimum absolute atomic E-state index is 0.523. The van der Waals surface area contributed by atoms with Gasteiger partial charge >= 0.3 is 0 Å². The molecule has 17 heavy (non-hydrogen) atoms. The van der Waals surface area contributed by atoms with Crippen molar-refractivity contribution >= 4 is 11.6 Å². The highest BCUT2D eigenvalue weighted by atomic mass is 35.5. The number of alkyl halides is 1. The molecule has 96 valence electrons. The maximum absolute atomic E-state index is 5.57. The zero-order chi connectivity index (χ0) is 12.5. The van der Waals surface area contributed by atoms with Crippen LogP contribution < -0.4 is 0 Å². The first kappa shape index (κ1) is 14.5. The molecule has 1 aromatic carbocycles. The van der Waals surface area contributed by atoms with Crippen LogP contribution in [0.2, 0.25) is 0 Å². The number of hydrogen-bond donors (Lipinski definition) is 0. The van der Waals surface area contributed by atoms with Crippen molar-refractivity contribution in [3.63, 3.8) is 0 Å². The van der Waals surface area contributed by atoms with Crippen LogP contribution in [0.15, 0.2) is 30.3 Å². The summed E-state index contributed by atoms with van der Waals surface area (Å²) < 4.78 is 5.43. The monoisotopic (exact) mass is 255 g/mol. The second kappa shape index (κ2) is 8.51. The standard InChI is InChI=1S/C14H22ClNO/c1-13(2)16(9-11-17-10-8-15)12-14-6-4-3-5-7-14/h3-7,13H,8-12H2,1-2H3. The van der Waals surface area contributed by atoms with Crippen LogP contribution in [0.3, 0.4) is 0 Å². The molecule has 0 heterocycles. The summed E-state index contributed by atoms with van der Waals surface area (Å²) in [4.78, 5) is 2.41. The Morgan fingerprint density at radius 3 is 2.47 bits per heavy atom. The van der Waals surface area contributed by atoms with E-state index in [1.54, 1.807) is 0 Å². The van der Waals surface area contributed by atoms with Crippen molar-refractivity contribution < 1.29 is 4.74 Å². The van der Waals surface area contributed by atoms with Gasteiger partial charge in [-0.1, -0.05) is 30.3 Å². The van der Waals surface area contributed by atoms with Crippen LogP contribution >= 0.6 is 11.6 Å². The minimum Gasteiger partial charge on any atom is -0.379 e. The summed E-state index contributed by atoms with van der Waals surface area (Å²) in [5, 5.41) is 0. The highest BCUT2D eigenvalue weighted by Gasteiger charge is 2.09. The summed E-state index contributed by atoms with van der Waals surface area (Å²) in [7, 11) is 0. The third-order valence-corrected chi connectivity index (χ3v) is 2.86. The second-order valence-electron chi connectivity index (χ2n) is 4.35. The smallest absolute Gasteiger partial charge is 0.0602 e. The average molecular weight is 256 g/mol. The molecule has 0 amide bonds. The van der Waals surface area contributed by atoms with E-state index in [0.717, 1.165) is 19.7 Å². The molecule has 1 rings (SSSR count). The fourth-order valence-electron chi connectivity index (χ4n) is 1.68. The van der Waals surface area contributed by atoms with Gasteiger partial charge in [0.25, 0.3) is 0 Å². The van der Waals surface area contributed by atoms with E-state index in [-0.39, 0.29) is 0 Å². The van der Waals surface area contributed by atoms with Gasteiger partial charge in [-0.3, -0.25) is 4.90 Å². The minimum atomic E-state index is 0.523. The largest absolute Gasteiger partial charge is 0.379 e. The van der Waals surface area contributed by atoms with Crippen molar-refractivity contribution in [2.24, 2.45) is 0 Å². The molecule has 1 aromatic rings. The molecule has 0 fully saturated rings. The Bertz CT molecular complexity index is 290. The van der Waals surface area contributed by atoms with Gasteiger partial charge < -0.3 is 4.74 Å². The van der Waals surface area contributed by atoms with Crippen molar-refractivity contribution in [2.45, 2.75) is 26.4 Å². The van der Waals surface area contributed by atoms with Gasteiger partial charge in [-0.25, -0.2) is 0 Å². The molecular weight excluding hydrogens is 234 g/mol. The van der Waals surface area contributed by atoms with Gasteiger partial charge in [0, 0.05) is 25.0 Å². The average Bonchev–Trinajstić information content (AvgIpc) is 2.34. The van der Waals surface area contributed by atoms with Gasteiger partial charge in [0.05, 0.1) is 13.2 Å². The maximum Gasteiger partial charge on any atom is 0.0602 e. The van der Waals surface area contributed by atoms with Gasteiger partial charge in [0.1, 0.15) is 0 Å². The molecule has 0 saturated carbocycles. The predicted molar refractivity (Wildman–Crippen MR) is 73.5 cm³/mol. The Labute approximate surface area is 110 Å². The molecule has 0 aliphatic carbocycles. The van der Waals surface area contributed by atoms with Crippen molar-refractivity contribution in [3.8, 4) is 0 Å². The lowest BCUT2D eigenvalue weighted by atomic mass is 10.2. The SMILES string of the molecule is CC(C)N(CCOCCCl)Cc1ccccc1. The topological polar surface area (TPSA) is 12.5 Å². The molecule has 0 bridgehead atoms. The van der Waals surface area contributed by atoms with Crippen LogP contribution in [0.4, 0.5) is 0 Å². The lowest BCUT2D eigenvalue weighted by Crippen LogP contribution is -2.33. The summed E-state index contributed by atoms with van der Waals surface area (Å²) >= 11 is 5.57. The molecule has 2 nitrogen and oxygen atoms in total. The summed E-state index contributed by atoms with van der Waals surface area (Å²) in [5.41, 5.74) is 1.35. The number of ether oxygens (including phenoxy) is 1. The van der Waals surface area contributed by atoms with Crippen LogP contribution in [-0.4, -0.2) is 36.6 Å². The molecule has 0 N–H and O–H groups in total. The zero-order valence-corrected chi connectivity index (χ0v) is 11.5. The second-order valence-corrected chi connectivity index (χ2v) is 4.73. The van der Waals surface area contributed by atoms with E-state index < -0.39 is 0 Å². The van der Waals surface area contributed by atoms with Crippen LogP contribution in [0.5, 0.6) is 0 Å². The highest BCUT2D eigenvalue weighted by molar-refractivity contribution is 6.17. The predicted octanol–water partition coefficient (Wildman–Crippen LogP) is 3.15. The van der Waals surface area contributed by atoms with E-state index in [1.165, 1.54) is 5.56 Å². The number of benzene rings is 1. The third-order valence-electron chi connectivity index (χ3n) is 2.70. The van der Waals surface area contributed by atoms with E-state index in [1.807, 2.05) is 6.07 Å². The summed E-state index contributed by atoms with van der Waals surface area (Å²) in [5.74, 6) is 0.570. The molecule has 3 heteroatoms. The fraction of sp³-hybridized carbons (Fsp3) is 0.571. The first-order valence-corrected chi connectivity index (χ1v) is 6.69. The van der Waals surface area contributed by atoms with Crippen molar-refractivity contribution in [1.82, 2.24) is 4.90 Å². The number of nitrogens with zero attached hydrogens (tertiary/aromatic N) is 1. The van der Waals surface area contributed by atoms with Crippen molar-refractivity contribution in [3.05, 3.63) is 35.9 Å². The molecule has 0 spiro atoms. The summed E-state index contributed by atoms with van der Waals surface area (Å²) in [6.45, 7) is 7.73. The molecule has 0 aromatic heterocycles. The van der Waals surface area contributed by atoms with Crippen LogP contribution in [-0.2, 0) is 11.3 Å². The molecule has 0 aliphatic heterocycles. The van der Waals surface area contributed by atoms with Gasteiger partial charge in [0.15, 0.2) is 0 Å². The van der Waals surface area contributed by atoms with Crippen LogP contribution in [0.1, 0.15) is 19.4 Å². The quantitative estimate of drug-likeness (QED) is 0.523. The Morgan fingerprint density at radius 1 is 1.18 bits per heavy atom. The van der Waals surface area contributed by atoms with Crippen molar-refractivity contribution in [2.75, 3.05) is 25.6 Å². The molecule has 0 unspecified atom stereocenters. The summed E-state index contributed by atoms with van der Waals surface area (Å²) in [6.07, 6.45) is 0. The lowest BCUT2D eigenvalue weighted by Gasteiger charge is -2.26. The number of rotatable bonds is 8. The van der Waals surface area contributed by atoms with Gasteiger partial charge in [-0.2, -0.15) is 0 Å². The third kappa shape index (κ3) is 6.06. The maximum atomic E-state index is 5.57. The van der Waals surface area contributed by atoms with Gasteiger partial charge in [-0.15, -0.1) is 11.6 Å². The highest BCUT2D eigenvalue weighted by Crippen LogP contribution is 2.07. The Morgan fingerprint density at radius 2 is 1.88 bits per heavy atom. The van der Waals surface area contributed by atoms with E-state index in [4.69, 9.17) is 16.3 Å². The molecule has 0 aliphatic rings. The Balaban J connectivity index is 2.38. The molecule has 0 radical (unpaired) electrons. The number of hydrogen-bond acceptors (Lipinski definition) is 2. The Kier molecular flexibility index (Phi) is 7.25.